The summed E-state index contributed by atoms with van der Waals surface area (Å²) < 4.78 is 23.5. The fourth-order valence-electron chi connectivity index (χ4n) is 1.23. The van der Waals surface area contributed by atoms with Crippen molar-refractivity contribution < 1.29 is 8.42 Å². The van der Waals surface area contributed by atoms with Gasteiger partial charge < -0.3 is 5.73 Å². The van der Waals surface area contributed by atoms with Crippen molar-refractivity contribution in [3.05, 3.63) is 35.9 Å². The van der Waals surface area contributed by atoms with Gasteiger partial charge in [0.1, 0.15) is 0 Å². The largest absolute Gasteiger partial charge is 0.329 e. The Kier molecular flexibility index (Phi) is 4.22. The van der Waals surface area contributed by atoms with Crippen LogP contribution >= 0.6 is 0 Å². The normalized spacial score (nSPS) is 11.9. The van der Waals surface area contributed by atoms with Crippen LogP contribution in [0.4, 0.5) is 0 Å². The van der Waals surface area contributed by atoms with Gasteiger partial charge in [-0.15, -0.1) is 0 Å². The first-order chi connectivity index (χ1) is 7.04. The fourth-order valence-corrected chi connectivity index (χ4v) is 1.92. The molecule has 84 valence electrons. The number of nitrogens with zero attached hydrogens (tertiary/aromatic N) is 1. The van der Waals surface area contributed by atoms with Crippen LogP contribution in [0.1, 0.15) is 5.56 Å². The Bertz CT molecular complexity index is 391. The van der Waals surface area contributed by atoms with E-state index in [0.29, 0.717) is 0 Å². The molecule has 1 aromatic carbocycles. The second-order valence-electron chi connectivity index (χ2n) is 3.15. The van der Waals surface area contributed by atoms with Gasteiger partial charge in [-0.1, -0.05) is 30.3 Å². The lowest BCUT2D eigenvalue weighted by atomic mass is 10.2. The fraction of sp³-hybridized carbons (Fsp3) is 0.333. The summed E-state index contributed by atoms with van der Waals surface area (Å²) in [5, 5.41) is 5.06. The number of rotatable bonds is 5. The maximum atomic E-state index is 11.2. The molecule has 0 bridgehead atoms. The summed E-state index contributed by atoms with van der Waals surface area (Å²) in [7, 11) is -3.67. The van der Waals surface area contributed by atoms with E-state index in [0.717, 1.165) is 9.87 Å². The molecule has 6 heteroatoms. The van der Waals surface area contributed by atoms with Gasteiger partial charge >= 0.3 is 0 Å². The summed E-state index contributed by atoms with van der Waals surface area (Å²) in [5.74, 6) is 0. The highest BCUT2D eigenvalue weighted by Crippen LogP contribution is 2.05. The van der Waals surface area contributed by atoms with Gasteiger partial charge in [0.15, 0.2) is 0 Å². The van der Waals surface area contributed by atoms with E-state index in [2.05, 4.69) is 0 Å². The smallest absolute Gasteiger partial charge is 0.277 e. The van der Waals surface area contributed by atoms with Gasteiger partial charge in [0.2, 0.25) is 0 Å². The van der Waals surface area contributed by atoms with Gasteiger partial charge in [0.25, 0.3) is 10.2 Å². The number of nitrogens with two attached hydrogens (primary N) is 2. The monoisotopic (exact) mass is 229 g/mol. The second-order valence-corrected chi connectivity index (χ2v) is 4.70. The molecule has 0 saturated heterocycles. The van der Waals surface area contributed by atoms with Gasteiger partial charge in [0, 0.05) is 19.6 Å². The average Bonchev–Trinajstić information content (AvgIpc) is 2.17. The van der Waals surface area contributed by atoms with Crippen LogP contribution in [0.25, 0.3) is 0 Å². The molecule has 5 nitrogen and oxygen atoms in total. The van der Waals surface area contributed by atoms with Crippen molar-refractivity contribution in [1.29, 1.82) is 0 Å². The van der Waals surface area contributed by atoms with Gasteiger partial charge in [-0.3, -0.25) is 0 Å². The van der Waals surface area contributed by atoms with E-state index in [9.17, 15) is 8.42 Å². The Morgan fingerprint density at radius 2 is 1.80 bits per heavy atom. The molecule has 0 aliphatic rings. The van der Waals surface area contributed by atoms with Crippen LogP contribution in [0.5, 0.6) is 0 Å². The first-order valence-electron chi connectivity index (χ1n) is 4.56. The Labute approximate surface area is 89.9 Å². The summed E-state index contributed by atoms with van der Waals surface area (Å²) >= 11 is 0. The zero-order valence-electron chi connectivity index (χ0n) is 8.33. The molecule has 0 aromatic heterocycles. The molecule has 0 amide bonds. The van der Waals surface area contributed by atoms with Crippen LogP contribution in [-0.4, -0.2) is 25.8 Å². The predicted octanol–water partition coefficient (Wildman–Crippen LogP) is -0.349. The van der Waals surface area contributed by atoms with Crippen molar-refractivity contribution in [2.75, 3.05) is 13.1 Å². The molecule has 0 unspecified atom stereocenters. The molecule has 0 spiro atoms. The molecule has 0 fully saturated rings. The average molecular weight is 229 g/mol. The predicted molar refractivity (Wildman–Crippen MR) is 59.0 cm³/mol. The van der Waals surface area contributed by atoms with Crippen LogP contribution in [0.15, 0.2) is 30.3 Å². The molecule has 0 atom stereocenters. The number of benzene rings is 1. The SMILES string of the molecule is NCCN(Cc1ccccc1)S(N)(=O)=O. The topological polar surface area (TPSA) is 89.4 Å². The molecular formula is C9H15N3O2S. The molecule has 0 radical (unpaired) electrons. The third-order valence-corrected chi connectivity index (χ3v) is 2.97. The highest BCUT2D eigenvalue weighted by atomic mass is 32.2. The van der Waals surface area contributed by atoms with Crippen LogP contribution in [0.3, 0.4) is 0 Å². The Morgan fingerprint density at radius 3 is 2.27 bits per heavy atom. The molecular weight excluding hydrogens is 214 g/mol. The van der Waals surface area contributed by atoms with Crippen molar-refractivity contribution in [3.8, 4) is 0 Å². The lowest BCUT2D eigenvalue weighted by molar-refractivity contribution is 0.415. The zero-order chi connectivity index (χ0) is 11.3. The summed E-state index contributed by atoms with van der Waals surface area (Å²) in [6, 6.07) is 9.25. The first-order valence-corrected chi connectivity index (χ1v) is 6.06. The van der Waals surface area contributed by atoms with Gasteiger partial charge in [0.05, 0.1) is 0 Å². The Morgan fingerprint density at radius 1 is 1.20 bits per heavy atom. The molecule has 0 aliphatic heterocycles. The number of hydrogen-bond donors (Lipinski definition) is 2. The molecule has 15 heavy (non-hydrogen) atoms. The molecule has 4 N–H and O–H groups in total. The van der Waals surface area contributed by atoms with E-state index >= 15 is 0 Å². The summed E-state index contributed by atoms with van der Waals surface area (Å²) in [6.07, 6.45) is 0. The molecule has 0 saturated carbocycles. The van der Waals surface area contributed by atoms with Crippen LogP contribution < -0.4 is 10.9 Å². The van der Waals surface area contributed by atoms with E-state index in [4.69, 9.17) is 10.9 Å². The summed E-state index contributed by atoms with van der Waals surface area (Å²) in [6.45, 7) is 0.744. The minimum absolute atomic E-state index is 0.230. The van der Waals surface area contributed by atoms with Gasteiger partial charge in [-0.25, -0.2) is 5.14 Å². The highest BCUT2D eigenvalue weighted by Gasteiger charge is 2.16. The van der Waals surface area contributed by atoms with Crippen molar-refractivity contribution in [2.24, 2.45) is 10.9 Å². The van der Waals surface area contributed by atoms with E-state index in [1.165, 1.54) is 0 Å². The van der Waals surface area contributed by atoms with Crippen molar-refractivity contribution in [3.63, 3.8) is 0 Å². The van der Waals surface area contributed by atoms with E-state index in [1.54, 1.807) is 0 Å². The Hall–Kier alpha value is -0.950. The van der Waals surface area contributed by atoms with E-state index in [-0.39, 0.29) is 19.6 Å². The van der Waals surface area contributed by atoms with Crippen LogP contribution in [-0.2, 0) is 16.8 Å². The van der Waals surface area contributed by atoms with Crippen molar-refractivity contribution >= 4 is 10.2 Å². The molecule has 1 aromatic rings. The zero-order valence-corrected chi connectivity index (χ0v) is 9.15. The minimum Gasteiger partial charge on any atom is -0.329 e. The van der Waals surface area contributed by atoms with E-state index in [1.807, 2.05) is 30.3 Å². The number of hydrogen-bond acceptors (Lipinski definition) is 3. The second kappa shape index (κ2) is 5.22. The minimum atomic E-state index is -3.67. The molecule has 0 heterocycles. The maximum absolute atomic E-state index is 11.2. The van der Waals surface area contributed by atoms with Crippen molar-refractivity contribution in [1.82, 2.24) is 4.31 Å². The third kappa shape index (κ3) is 3.96. The van der Waals surface area contributed by atoms with Gasteiger partial charge in [-0.2, -0.15) is 12.7 Å². The highest BCUT2D eigenvalue weighted by molar-refractivity contribution is 7.86. The molecule has 0 aliphatic carbocycles. The van der Waals surface area contributed by atoms with Crippen LogP contribution in [0.2, 0.25) is 0 Å². The molecule has 1 rings (SSSR count). The first kappa shape index (κ1) is 12.1. The maximum Gasteiger partial charge on any atom is 0.277 e. The quantitative estimate of drug-likeness (QED) is 0.723. The third-order valence-electron chi connectivity index (χ3n) is 1.94. The summed E-state index contributed by atoms with van der Waals surface area (Å²) in [4.78, 5) is 0. The summed E-state index contributed by atoms with van der Waals surface area (Å²) in [5.41, 5.74) is 6.21. The van der Waals surface area contributed by atoms with Gasteiger partial charge in [-0.05, 0) is 5.56 Å². The Balaban J connectivity index is 2.76. The van der Waals surface area contributed by atoms with Crippen molar-refractivity contribution in [2.45, 2.75) is 6.54 Å². The lowest BCUT2D eigenvalue weighted by Crippen LogP contribution is -2.39. The lowest BCUT2D eigenvalue weighted by Gasteiger charge is -2.18. The van der Waals surface area contributed by atoms with E-state index < -0.39 is 10.2 Å². The standard InChI is InChI=1S/C9H15N3O2S/c10-6-7-12(15(11,13)14)8-9-4-2-1-3-5-9/h1-5H,6-8,10H2,(H2,11,13,14). The van der Waals surface area contributed by atoms with Crippen LogP contribution in [0, 0.1) is 0 Å².